The lowest BCUT2D eigenvalue weighted by molar-refractivity contribution is -0.151. The van der Waals surface area contributed by atoms with Gasteiger partial charge in [0.1, 0.15) is 6.10 Å². The van der Waals surface area contributed by atoms with Crippen molar-refractivity contribution < 1.29 is 24.2 Å². The number of carboxylic acids is 1. The largest absolute Gasteiger partial charge is 0.479 e. The predicted octanol–water partition coefficient (Wildman–Crippen LogP) is -0.736. The SMILES string of the molecule is O=C(NCCC(=O)N1CCN(c2ncccn2)CC1)[C@@H]1CC[C@H](C(=O)O)O1. The van der Waals surface area contributed by atoms with Crippen LogP contribution in [0.3, 0.4) is 0 Å². The first kappa shape index (κ1) is 19.0. The summed E-state index contributed by atoms with van der Waals surface area (Å²) in [6.07, 6.45) is 2.60. The molecule has 146 valence electrons. The van der Waals surface area contributed by atoms with Gasteiger partial charge in [0.25, 0.3) is 0 Å². The highest BCUT2D eigenvalue weighted by molar-refractivity contribution is 5.83. The molecule has 0 spiro atoms. The van der Waals surface area contributed by atoms with Crippen LogP contribution in [0.25, 0.3) is 0 Å². The van der Waals surface area contributed by atoms with Crippen molar-refractivity contribution in [3.8, 4) is 0 Å². The summed E-state index contributed by atoms with van der Waals surface area (Å²) in [5, 5.41) is 11.5. The normalized spacial score (nSPS) is 22.5. The van der Waals surface area contributed by atoms with E-state index in [0.29, 0.717) is 45.0 Å². The number of nitrogens with zero attached hydrogens (tertiary/aromatic N) is 4. The number of aliphatic carboxylic acids is 1. The number of hydrogen-bond donors (Lipinski definition) is 2. The van der Waals surface area contributed by atoms with Crippen LogP contribution in [-0.4, -0.2) is 82.7 Å². The summed E-state index contributed by atoms with van der Waals surface area (Å²) in [4.78, 5) is 47.4. The molecule has 0 bridgehead atoms. The lowest BCUT2D eigenvalue weighted by atomic mass is 10.2. The molecule has 0 saturated carbocycles. The number of amides is 2. The molecule has 0 aliphatic carbocycles. The fourth-order valence-corrected chi connectivity index (χ4v) is 3.19. The van der Waals surface area contributed by atoms with Gasteiger partial charge in [0.2, 0.25) is 17.8 Å². The van der Waals surface area contributed by atoms with Crippen molar-refractivity contribution in [3.05, 3.63) is 18.5 Å². The first-order valence-electron chi connectivity index (χ1n) is 9.00. The maximum atomic E-state index is 12.3. The third kappa shape index (κ3) is 4.91. The Balaban J connectivity index is 1.35. The molecule has 0 unspecified atom stereocenters. The number of nitrogens with one attached hydrogen (secondary N) is 1. The molecular weight excluding hydrogens is 354 g/mol. The van der Waals surface area contributed by atoms with Crippen molar-refractivity contribution in [3.63, 3.8) is 0 Å². The highest BCUT2D eigenvalue weighted by Gasteiger charge is 2.34. The summed E-state index contributed by atoms with van der Waals surface area (Å²) in [7, 11) is 0. The van der Waals surface area contributed by atoms with Crippen molar-refractivity contribution in [1.29, 1.82) is 0 Å². The third-order valence-corrected chi connectivity index (χ3v) is 4.69. The highest BCUT2D eigenvalue weighted by atomic mass is 16.5. The summed E-state index contributed by atoms with van der Waals surface area (Å²) < 4.78 is 5.19. The number of carbonyl (C=O) groups excluding carboxylic acids is 2. The van der Waals surface area contributed by atoms with Crippen LogP contribution in [-0.2, 0) is 19.1 Å². The van der Waals surface area contributed by atoms with Crippen molar-refractivity contribution in [2.24, 2.45) is 0 Å². The Kier molecular flexibility index (Phi) is 6.17. The summed E-state index contributed by atoms with van der Waals surface area (Å²) >= 11 is 0. The Morgan fingerprint density at radius 1 is 1.11 bits per heavy atom. The molecular formula is C17H23N5O5. The lowest BCUT2D eigenvalue weighted by Crippen LogP contribution is -2.49. The van der Waals surface area contributed by atoms with Crippen molar-refractivity contribution >= 4 is 23.7 Å². The van der Waals surface area contributed by atoms with Gasteiger partial charge in [-0.05, 0) is 18.9 Å². The van der Waals surface area contributed by atoms with Gasteiger partial charge in [-0.1, -0.05) is 0 Å². The maximum absolute atomic E-state index is 12.3. The molecule has 2 saturated heterocycles. The van der Waals surface area contributed by atoms with Gasteiger partial charge in [0, 0.05) is 51.5 Å². The average molecular weight is 377 g/mol. The quantitative estimate of drug-likeness (QED) is 0.664. The molecule has 2 N–H and O–H groups in total. The second-order valence-electron chi connectivity index (χ2n) is 6.49. The zero-order chi connectivity index (χ0) is 19.2. The topological polar surface area (TPSA) is 125 Å². The fraction of sp³-hybridized carbons (Fsp3) is 0.588. The van der Waals surface area contributed by atoms with E-state index in [1.807, 2.05) is 4.90 Å². The van der Waals surface area contributed by atoms with Crippen molar-refractivity contribution in [2.75, 3.05) is 37.6 Å². The molecule has 27 heavy (non-hydrogen) atoms. The Labute approximate surface area is 156 Å². The van der Waals surface area contributed by atoms with Gasteiger partial charge < -0.3 is 25.0 Å². The average Bonchev–Trinajstić information content (AvgIpc) is 3.19. The molecule has 2 fully saturated rings. The lowest BCUT2D eigenvalue weighted by Gasteiger charge is -2.34. The standard InChI is InChI=1S/C17H23N5O5/c23-14(4-7-18-15(24)12-2-3-13(27-12)16(25)26)21-8-10-22(11-9-21)17-19-5-1-6-20-17/h1,5-6,12-13H,2-4,7-11H2,(H,18,24)(H,25,26)/t12-,13+/m0/s1. The monoisotopic (exact) mass is 377 g/mol. The maximum Gasteiger partial charge on any atom is 0.332 e. The van der Waals surface area contributed by atoms with Crippen LogP contribution in [0, 0.1) is 0 Å². The number of piperazine rings is 1. The minimum Gasteiger partial charge on any atom is -0.479 e. The highest BCUT2D eigenvalue weighted by Crippen LogP contribution is 2.19. The molecule has 0 aromatic carbocycles. The predicted molar refractivity (Wildman–Crippen MR) is 94.0 cm³/mol. The van der Waals surface area contributed by atoms with Gasteiger partial charge >= 0.3 is 5.97 Å². The van der Waals surface area contributed by atoms with Crippen LogP contribution in [0.2, 0.25) is 0 Å². The number of rotatable bonds is 6. The number of carboxylic acid groups (broad SMARTS) is 1. The van der Waals surface area contributed by atoms with E-state index in [2.05, 4.69) is 15.3 Å². The number of hydrogen-bond acceptors (Lipinski definition) is 7. The number of ether oxygens (including phenoxy) is 1. The molecule has 3 heterocycles. The van der Waals surface area contributed by atoms with Gasteiger partial charge in [-0.2, -0.15) is 0 Å². The van der Waals surface area contributed by atoms with Crippen molar-refractivity contribution in [2.45, 2.75) is 31.5 Å². The smallest absolute Gasteiger partial charge is 0.332 e. The van der Waals surface area contributed by atoms with E-state index in [-0.39, 0.29) is 24.8 Å². The first-order valence-corrected chi connectivity index (χ1v) is 9.00. The van der Waals surface area contributed by atoms with Crippen LogP contribution in [0.15, 0.2) is 18.5 Å². The molecule has 2 aliphatic rings. The van der Waals surface area contributed by atoms with E-state index in [1.165, 1.54) is 0 Å². The zero-order valence-corrected chi connectivity index (χ0v) is 14.9. The minimum absolute atomic E-state index is 0.0281. The molecule has 10 heteroatoms. The van der Waals surface area contributed by atoms with Gasteiger partial charge in [-0.3, -0.25) is 9.59 Å². The van der Waals surface area contributed by atoms with Crippen LogP contribution < -0.4 is 10.2 Å². The molecule has 2 atom stereocenters. The van der Waals surface area contributed by atoms with Crippen LogP contribution in [0.5, 0.6) is 0 Å². The third-order valence-electron chi connectivity index (χ3n) is 4.69. The molecule has 2 aliphatic heterocycles. The second kappa shape index (κ2) is 8.76. The van der Waals surface area contributed by atoms with E-state index in [1.54, 1.807) is 23.4 Å². The Hall–Kier alpha value is -2.75. The zero-order valence-electron chi connectivity index (χ0n) is 14.9. The first-order chi connectivity index (χ1) is 13.0. The summed E-state index contributed by atoms with van der Waals surface area (Å²) in [6.45, 7) is 2.69. The van der Waals surface area contributed by atoms with Gasteiger partial charge in [0.15, 0.2) is 6.10 Å². The molecule has 1 aromatic rings. The van der Waals surface area contributed by atoms with E-state index >= 15 is 0 Å². The Morgan fingerprint density at radius 2 is 1.78 bits per heavy atom. The molecule has 10 nitrogen and oxygen atoms in total. The summed E-state index contributed by atoms with van der Waals surface area (Å²) in [5.74, 6) is -0.786. The Morgan fingerprint density at radius 3 is 2.41 bits per heavy atom. The summed E-state index contributed by atoms with van der Waals surface area (Å²) in [5.41, 5.74) is 0. The second-order valence-corrected chi connectivity index (χ2v) is 6.49. The summed E-state index contributed by atoms with van der Waals surface area (Å²) in [6, 6.07) is 1.76. The van der Waals surface area contributed by atoms with E-state index < -0.39 is 18.2 Å². The van der Waals surface area contributed by atoms with E-state index in [9.17, 15) is 14.4 Å². The number of carbonyl (C=O) groups is 3. The molecule has 2 amide bonds. The Bertz CT molecular complexity index is 678. The fourth-order valence-electron chi connectivity index (χ4n) is 3.19. The van der Waals surface area contributed by atoms with Crippen LogP contribution in [0.1, 0.15) is 19.3 Å². The van der Waals surface area contributed by atoms with Crippen molar-refractivity contribution in [1.82, 2.24) is 20.2 Å². The minimum atomic E-state index is -1.06. The van der Waals surface area contributed by atoms with Gasteiger partial charge in [0.05, 0.1) is 0 Å². The van der Waals surface area contributed by atoms with E-state index in [4.69, 9.17) is 9.84 Å². The molecule has 0 radical (unpaired) electrons. The van der Waals surface area contributed by atoms with Gasteiger partial charge in [-0.15, -0.1) is 0 Å². The number of aromatic nitrogens is 2. The van der Waals surface area contributed by atoms with Crippen LogP contribution in [0.4, 0.5) is 5.95 Å². The molecule has 3 rings (SSSR count). The van der Waals surface area contributed by atoms with Gasteiger partial charge in [-0.25, -0.2) is 14.8 Å². The van der Waals surface area contributed by atoms with E-state index in [0.717, 1.165) is 0 Å². The molecule has 1 aromatic heterocycles. The van der Waals surface area contributed by atoms with Crippen LogP contribution >= 0.6 is 0 Å². The number of anilines is 1.